The third kappa shape index (κ3) is 6.17. The number of benzene rings is 1. The number of rotatable bonds is 9. The highest BCUT2D eigenvalue weighted by Gasteiger charge is 2.34. The van der Waals surface area contributed by atoms with Gasteiger partial charge in [-0.2, -0.15) is 0 Å². The van der Waals surface area contributed by atoms with Crippen LogP contribution in [0.3, 0.4) is 0 Å². The zero-order valence-electron chi connectivity index (χ0n) is 15.4. The molecule has 0 aliphatic carbocycles. The van der Waals surface area contributed by atoms with Gasteiger partial charge in [0.1, 0.15) is 6.04 Å². The van der Waals surface area contributed by atoms with E-state index >= 15 is 0 Å². The van der Waals surface area contributed by atoms with Gasteiger partial charge >= 0.3 is 5.97 Å². The van der Waals surface area contributed by atoms with Crippen LogP contribution < -0.4 is 5.32 Å². The van der Waals surface area contributed by atoms with Crippen molar-refractivity contribution in [2.45, 2.75) is 51.5 Å². The number of amides is 2. The summed E-state index contributed by atoms with van der Waals surface area (Å²) in [5.41, 5.74) is 1.09. The second-order valence-electron chi connectivity index (χ2n) is 6.51. The van der Waals surface area contributed by atoms with Gasteiger partial charge in [0.2, 0.25) is 11.8 Å². The summed E-state index contributed by atoms with van der Waals surface area (Å²) < 4.78 is 5.27. The molecule has 1 aromatic rings. The maximum atomic E-state index is 12.4. The Balaban J connectivity index is 1.83. The fraction of sp³-hybridized carbons (Fsp3) is 0.550. The first-order chi connectivity index (χ1) is 12.6. The van der Waals surface area contributed by atoms with Crippen LogP contribution in [-0.2, 0) is 25.5 Å². The van der Waals surface area contributed by atoms with Gasteiger partial charge in [0, 0.05) is 25.9 Å². The van der Waals surface area contributed by atoms with Crippen molar-refractivity contribution in [2.75, 3.05) is 19.7 Å². The van der Waals surface area contributed by atoms with Crippen LogP contribution in [0.1, 0.15) is 44.6 Å². The van der Waals surface area contributed by atoms with Crippen molar-refractivity contribution >= 4 is 17.8 Å². The zero-order valence-corrected chi connectivity index (χ0v) is 15.4. The van der Waals surface area contributed by atoms with Crippen LogP contribution in [0.4, 0.5) is 0 Å². The Morgan fingerprint density at radius 3 is 2.73 bits per heavy atom. The Kier molecular flexibility index (Phi) is 8.12. The highest BCUT2D eigenvalue weighted by Crippen LogP contribution is 2.14. The average Bonchev–Trinajstić information content (AvgIpc) is 2.64. The molecule has 1 heterocycles. The van der Waals surface area contributed by atoms with E-state index < -0.39 is 12.0 Å². The van der Waals surface area contributed by atoms with Gasteiger partial charge in [0.05, 0.1) is 13.0 Å². The third-order valence-electron chi connectivity index (χ3n) is 4.50. The summed E-state index contributed by atoms with van der Waals surface area (Å²) in [7, 11) is 0. The molecule has 0 bridgehead atoms. The molecular formula is C20H28N2O4. The van der Waals surface area contributed by atoms with Crippen LogP contribution in [0, 0.1) is 0 Å². The largest absolute Gasteiger partial charge is 0.465 e. The Morgan fingerprint density at radius 1 is 1.23 bits per heavy atom. The Labute approximate surface area is 154 Å². The van der Waals surface area contributed by atoms with Gasteiger partial charge in [0.15, 0.2) is 0 Å². The number of piperazine rings is 1. The van der Waals surface area contributed by atoms with E-state index in [9.17, 15) is 14.4 Å². The molecular weight excluding hydrogens is 332 g/mol. The molecule has 1 aliphatic rings. The number of hydrogen-bond acceptors (Lipinski definition) is 4. The van der Waals surface area contributed by atoms with E-state index in [1.165, 1.54) is 4.90 Å². The van der Waals surface area contributed by atoms with Gasteiger partial charge in [0.25, 0.3) is 0 Å². The number of ether oxygens (including phenoxy) is 1. The first-order valence-corrected chi connectivity index (χ1v) is 9.38. The normalized spacial score (nSPS) is 16.9. The predicted octanol–water partition coefficient (Wildman–Crippen LogP) is 2.07. The third-order valence-corrected chi connectivity index (χ3v) is 4.50. The van der Waals surface area contributed by atoms with E-state index in [-0.39, 0.29) is 24.8 Å². The molecule has 1 N–H and O–H groups in total. The van der Waals surface area contributed by atoms with Crippen molar-refractivity contribution in [2.24, 2.45) is 0 Å². The van der Waals surface area contributed by atoms with Crippen LogP contribution in [0.2, 0.25) is 0 Å². The lowest BCUT2D eigenvalue weighted by atomic mass is 10.1. The smallest absolute Gasteiger partial charge is 0.308 e. The minimum Gasteiger partial charge on any atom is -0.465 e. The number of hydrogen-bond donors (Lipinski definition) is 1. The lowest BCUT2D eigenvalue weighted by molar-refractivity contribution is -0.151. The van der Waals surface area contributed by atoms with Gasteiger partial charge < -0.3 is 15.0 Å². The molecule has 6 heteroatoms. The van der Waals surface area contributed by atoms with E-state index in [0.29, 0.717) is 25.9 Å². The first kappa shape index (κ1) is 19.9. The average molecular weight is 360 g/mol. The van der Waals surface area contributed by atoms with Crippen molar-refractivity contribution in [3.63, 3.8) is 0 Å². The molecule has 6 nitrogen and oxygen atoms in total. The Hall–Kier alpha value is -2.37. The molecule has 1 atom stereocenters. The molecule has 1 saturated heterocycles. The molecule has 0 aromatic heterocycles. The van der Waals surface area contributed by atoms with Crippen LogP contribution in [0.5, 0.6) is 0 Å². The minimum atomic E-state index is -0.762. The van der Waals surface area contributed by atoms with Gasteiger partial charge in [-0.25, -0.2) is 0 Å². The summed E-state index contributed by atoms with van der Waals surface area (Å²) in [5, 5.41) is 2.73. The van der Waals surface area contributed by atoms with Gasteiger partial charge in [-0.1, -0.05) is 50.1 Å². The zero-order chi connectivity index (χ0) is 18.8. The SMILES string of the molecule is CCCCCC(=O)N1CCNC(=O)C1CC(=O)OCCc1ccccc1. The quantitative estimate of drug-likeness (QED) is 0.540. The van der Waals surface area contributed by atoms with Crippen LogP contribution in [-0.4, -0.2) is 48.4 Å². The van der Waals surface area contributed by atoms with Crippen molar-refractivity contribution in [1.29, 1.82) is 0 Å². The monoisotopic (exact) mass is 360 g/mol. The molecule has 0 radical (unpaired) electrons. The number of carbonyl (C=O) groups is 3. The highest BCUT2D eigenvalue weighted by atomic mass is 16.5. The van der Waals surface area contributed by atoms with Crippen LogP contribution in [0.25, 0.3) is 0 Å². The number of carbonyl (C=O) groups excluding carboxylic acids is 3. The van der Waals surface area contributed by atoms with E-state index in [1.807, 2.05) is 30.3 Å². The fourth-order valence-corrected chi connectivity index (χ4v) is 3.03. The maximum absolute atomic E-state index is 12.4. The lowest BCUT2D eigenvalue weighted by Gasteiger charge is -2.34. The molecule has 1 fully saturated rings. The minimum absolute atomic E-state index is 0.0598. The number of nitrogens with zero attached hydrogens (tertiary/aromatic N) is 1. The summed E-state index contributed by atoms with van der Waals surface area (Å²) in [4.78, 5) is 38.2. The number of unbranched alkanes of at least 4 members (excludes halogenated alkanes) is 2. The molecule has 0 saturated carbocycles. The Bertz CT molecular complexity index is 603. The van der Waals surface area contributed by atoms with E-state index in [1.54, 1.807) is 0 Å². The standard InChI is InChI=1S/C20H28N2O4/c1-2-3-5-10-18(23)22-13-12-21-20(25)17(22)15-19(24)26-14-11-16-8-6-4-7-9-16/h4,6-9,17H,2-3,5,10-15H2,1H3,(H,21,25). The fourth-order valence-electron chi connectivity index (χ4n) is 3.03. The second kappa shape index (κ2) is 10.6. The summed E-state index contributed by atoms with van der Waals surface area (Å²) in [6, 6.07) is 8.99. The van der Waals surface area contributed by atoms with Crippen molar-refractivity contribution in [1.82, 2.24) is 10.2 Å². The highest BCUT2D eigenvalue weighted by molar-refractivity contribution is 5.91. The summed E-state index contributed by atoms with van der Waals surface area (Å²) in [5.74, 6) is -0.787. The van der Waals surface area contributed by atoms with Gasteiger partial charge in [-0.15, -0.1) is 0 Å². The van der Waals surface area contributed by atoms with Crippen molar-refractivity contribution in [3.05, 3.63) is 35.9 Å². The summed E-state index contributed by atoms with van der Waals surface area (Å²) >= 11 is 0. The number of esters is 1. The molecule has 0 spiro atoms. The second-order valence-corrected chi connectivity index (χ2v) is 6.51. The summed E-state index contributed by atoms with van der Waals surface area (Å²) in [6.45, 7) is 3.21. The van der Waals surface area contributed by atoms with Crippen molar-refractivity contribution in [3.8, 4) is 0 Å². The molecule has 142 valence electrons. The van der Waals surface area contributed by atoms with E-state index in [4.69, 9.17) is 4.74 Å². The molecule has 1 aromatic carbocycles. The van der Waals surface area contributed by atoms with E-state index in [0.717, 1.165) is 24.8 Å². The lowest BCUT2D eigenvalue weighted by Crippen LogP contribution is -2.57. The Morgan fingerprint density at radius 2 is 2.00 bits per heavy atom. The molecule has 2 amide bonds. The topological polar surface area (TPSA) is 75.7 Å². The van der Waals surface area contributed by atoms with Gasteiger partial charge in [-0.05, 0) is 12.0 Å². The van der Waals surface area contributed by atoms with Crippen molar-refractivity contribution < 1.29 is 19.1 Å². The predicted molar refractivity (Wildman–Crippen MR) is 98.4 cm³/mol. The molecule has 26 heavy (non-hydrogen) atoms. The first-order valence-electron chi connectivity index (χ1n) is 9.38. The molecule has 2 rings (SSSR count). The summed E-state index contributed by atoms with van der Waals surface area (Å²) in [6.07, 6.45) is 3.77. The molecule has 1 unspecified atom stereocenters. The van der Waals surface area contributed by atoms with Crippen LogP contribution >= 0.6 is 0 Å². The molecule has 1 aliphatic heterocycles. The number of nitrogens with one attached hydrogen (secondary N) is 1. The van der Waals surface area contributed by atoms with Crippen LogP contribution in [0.15, 0.2) is 30.3 Å². The van der Waals surface area contributed by atoms with Gasteiger partial charge in [-0.3, -0.25) is 14.4 Å². The van der Waals surface area contributed by atoms with E-state index in [2.05, 4.69) is 12.2 Å². The maximum Gasteiger partial charge on any atom is 0.308 e.